The molecule has 3 aromatic carbocycles. The molecule has 0 aliphatic carbocycles. The van der Waals surface area contributed by atoms with E-state index in [1.54, 1.807) is 41.0 Å². The van der Waals surface area contributed by atoms with Gasteiger partial charge in [0.2, 0.25) is 0 Å². The Bertz CT molecular complexity index is 1560. The van der Waals surface area contributed by atoms with Crippen LogP contribution in [-0.4, -0.2) is 53.1 Å². The van der Waals surface area contributed by atoms with Crippen LogP contribution in [0.15, 0.2) is 71.7 Å². The van der Waals surface area contributed by atoms with Crippen molar-refractivity contribution in [2.75, 3.05) is 26.3 Å². The van der Waals surface area contributed by atoms with E-state index in [1.807, 2.05) is 38.1 Å². The molecule has 1 N–H and O–H groups in total. The van der Waals surface area contributed by atoms with Crippen LogP contribution in [0.1, 0.15) is 62.3 Å². The number of likely N-dealkylation sites (tertiary alicyclic amines) is 1. The molecule has 1 saturated heterocycles. The monoisotopic (exact) mass is 661 g/mol. The zero-order valence-corrected chi connectivity index (χ0v) is 26.9. The Kier molecular flexibility index (Phi) is 9.45. The Morgan fingerprint density at radius 2 is 1.56 bits per heavy atom. The van der Waals surface area contributed by atoms with Crippen molar-refractivity contribution in [3.63, 3.8) is 0 Å². The number of urea groups is 1. The third-order valence-electron chi connectivity index (χ3n) is 9.21. The second-order valence-corrected chi connectivity index (χ2v) is 12.7. The summed E-state index contributed by atoms with van der Waals surface area (Å²) in [6, 6.07) is 17.3. The number of rotatable bonds is 7. The quantitative estimate of drug-likeness (QED) is 0.276. The van der Waals surface area contributed by atoms with Crippen LogP contribution in [0.25, 0.3) is 0 Å². The van der Waals surface area contributed by atoms with Gasteiger partial charge in [0.25, 0.3) is 0 Å². The second-order valence-electron chi connectivity index (χ2n) is 11.8. The van der Waals surface area contributed by atoms with Gasteiger partial charge in [0, 0.05) is 29.7 Å². The third-order valence-corrected chi connectivity index (χ3v) is 9.72. The van der Waals surface area contributed by atoms with E-state index < -0.39 is 22.8 Å². The number of benzene rings is 3. The Labute approximate surface area is 271 Å². The summed E-state index contributed by atoms with van der Waals surface area (Å²) in [5.41, 5.74) is -1.41. The van der Waals surface area contributed by atoms with E-state index in [0.29, 0.717) is 35.5 Å². The molecule has 2 heterocycles. The van der Waals surface area contributed by atoms with Gasteiger partial charge in [0.05, 0.1) is 17.7 Å². The molecule has 0 saturated carbocycles. The highest BCUT2D eigenvalue weighted by molar-refractivity contribution is 6.30. The van der Waals surface area contributed by atoms with Crippen molar-refractivity contribution in [2.45, 2.75) is 57.3 Å². The first-order chi connectivity index (χ1) is 21.3. The number of hydrogen-bond donors (Lipinski definition) is 1. The van der Waals surface area contributed by atoms with Crippen molar-refractivity contribution >= 4 is 35.1 Å². The maximum atomic E-state index is 14.8. The summed E-state index contributed by atoms with van der Waals surface area (Å²) >= 11 is 12.6. The molecule has 2 atom stereocenters. The van der Waals surface area contributed by atoms with Gasteiger partial charge in [-0.25, -0.2) is 4.79 Å². The van der Waals surface area contributed by atoms with Gasteiger partial charge in [0.15, 0.2) is 0 Å². The van der Waals surface area contributed by atoms with Gasteiger partial charge in [-0.3, -0.25) is 9.89 Å². The Balaban J connectivity index is 1.75. The second kappa shape index (κ2) is 12.9. The zero-order chi connectivity index (χ0) is 32.6. The first-order valence-electron chi connectivity index (χ1n) is 15.0. The standard InChI is InChI=1S/C34H36Cl2F3N3O3/c1-4-45-29-21-25(34(37,38)39)9-14-28(29)30-40-32(2,23-5-10-26(35)11-6-23)33(3,24-7-12-27(36)13-8-24)42(30)31(44)41-18-15-22(16-19-41)17-20-43/h5-14,21-22,43H,4,15-20H2,1-3H3. The lowest BCUT2D eigenvalue weighted by Crippen LogP contribution is -2.59. The van der Waals surface area contributed by atoms with Crippen molar-refractivity contribution in [1.82, 2.24) is 9.80 Å². The summed E-state index contributed by atoms with van der Waals surface area (Å²) in [5.74, 6) is 0.473. The van der Waals surface area contributed by atoms with Crippen LogP contribution in [0, 0.1) is 5.92 Å². The number of aliphatic hydroxyl groups is 1. The van der Waals surface area contributed by atoms with E-state index in [4.69, 9.17) is 32.9 Å². The van der Waals surface area contributed by atoms with Crippen LogP contribution in [-0.2, 0) is 17.3 Å². The molecular formula is C34H36Cl2F3N3O3. The van der Waals surface area contributed by atoms with E-state index in [0.717, 1.165) is 36.1 Å². The van der Waals surface area contributed by atoms with Gasteiger partial charge >= 0.3 is 12.2 Å². The first kappa shape index (κ1) is 33.1. The van der Waals surface area contributed by atoms with Gasteiger partial charge in [-0.05, 0) is 99.5 Å². The van der Waals surface area contributed by atoms with E-state index >= 15 is 0 Å². The highest BCUT2D eigenvalue weighted by atomic mass is 35.5. The average molecular weight is 663 g/mol. The van der Waals surface area contributed by atoms with Gasteiger partial charge < -0.3 is 14.7 Å². The molecule has 0 bridgehead atoms. The minimum Gasteiger partial charge on any atom is -0.493 e. The fourth-order valence-corrected chi connectivity index (χ4v) is 6.71. The lowest BCUT2D eigenvalue weighted by molar-refractivity contribution is -0.137. The zero-order valence-electron chi connectivity index (χ0n) is 25.4. The Morgan fingerprint density at radius 1 is 0.978 bits per heavy atom. The fourth-order valence-electron chi connectivity index (χ4n) is 6.46. The molecule has 2 aliphatic heterocycles. The predicted octanol–water partition coefficient (Wildman–Crippen LogP) is 8.52. The summed E-state index contributed by atoms with van der Waals surface area (Å²) in [6.45, 7) is 6.65. The van der Waals surface area contributed by atoms with Crippen LogP contribution in [0.3, 0.4) is 0 Å². The number of halogens is 5. The molecule has 11 heteroatoms. The van der Waals surface area contributed by atoms with Crippen LogP contribution in [0.5, 0.6) is 5.75 Å². The number of amides is 2. The number of aliphatic imine (C=N–C) groups is 1. The van der Waals surface area contributed by atoms with Crippen molar-refractivity contribution in [1.29, 1.82) is 0 Å². The SMILES string of the molecule is CCOc1cc(C(F)(F)F)ccc1C1=NC(C)(c2ccc(Cl)cc2)C(C)(c2ccc(Cl)cc2)N1C(=O)N1CCC(CCO)CC1. The summed E-state index contributed by atoms with van der Waals surface area (Å²) < 4.78 is 47.2. The first-order valence-corrected chi connectivity index (χ1v) is 15.8. The van der Waals surface area contributed by atoms with Crippen molar-refractivity contribution in [3.8, 4) is 5.75 Å². The molecular weight excluding hydrogens is 626 g/mol. The largest absolute Gasteiger partial charge is 0.493 e. The summed E-state index contributed by atoms with van der Waals surface area (Å²) in [6.07, 6.45) is -2.48. The lowest BCUT2D eigenvalue weighted by Gasteiger charge is -2.47. The summed E-state index contributed by atoms with van der Waals surface area (Å²) in [4.78, 5) is 23.4. The number of amidine groups is 1. The highest BCUT2D eigenvalue weighted by Gasteiger charge is 2.60. The van der Waals surface area contributed by atoms with E-state index in [2.05, 4.69) is 0 Å². The topological polar surface area (TPSA) is 65.4 Å². The molecule has 5 rings (SSSR count). The van der Waals surface area contributed by atoms with Gasteiger partial charge in [-0.15, -0.1) is 0 Å². The number of piperidine rings is 1. The van der Waals surface area contributed by atoms with E-state index in [9.17, 15) is 23.1 Å². The maximum absolute atomic E-state index is 14.8. The molecule has 2 aliphatic rings. The van der Waals surface area contributed by atoms with Crippen LogP contribution in [0.2, 0.25) is 10.0 Å². The normalized spacial score (nSPS) is 22.5. The summed E-state index contributed by atoms with van der Waals surface area (Å²) in [5, 5.41) is 10.5. The van der Waals surface area contributed by atoms with Gasteiger partial charge in [0.1, 0.15) is 22.7 Å². The number of alkyl halides is 3. The summed E-state index contributed by atoms with van der Waals surface area (Å²) in [7, 11) is 0. The van der Waals surface area contributed by atoms with E-state index in [-0.39, 0.29) is 36.4 Å². The number of carbonyl (C=O) groups excluding carboxylic acids is 1. The van der Waals surface area contributed by atoms with Crippen LogP contribution in [0.4, 0.5) is 18.0 Å². The lowest BCUT2D eigenvalue weighted by atomic mass is 9.71. The number of hydrogen-bond acceptors (Lipinski definition) is 4. The third kappa shape index (κ3) is 6.14. The highest BCUT2D eigenvalue weighted by Crippen LogP contribution is 2.54. The fraction of sp³-hybridized carbons (Fsp3) is 0.412. The minimum absolute atomic E-state index is 0.0238. The number of nitrogens with zero attached hydrogens (tertiary/aromatic N) is 3. The average Bonchev–Trinajstić information content (AvgIpc) is 3.25. The smallest absolute Gasteiger partial charge is 0.416 e. The van der Waals surface area contributed by atoms with Crippen LogP contribution >= 0.6 is 23.2 Å². The molecule has 3 aromatic rings. The van der Waals surface area contributed by atoms with E-state index in [1.165, 1.54) is 6.07 Å². The molecule has 2 amide bonds. The molecule has 6 nitrogen and oxygen atoms in total. The predicted molar refractivity (Wildman–Crippen MR) is 170 cm³/mol. The minimum atomic E-state index is -4.59. The van der Waals surface area contributed by atoms with Crippen molar-refractivity contribution < 1.29 is 27.8 Å². The van der Waals surface area contributed by atoms with Gasteiger partial charge in [-0.2, -0.15) is 13.2 Å². The van der Waals surface area contributed by atoms with Crippen LogP contribution < -0.4 is 4.74 Å². The van der Waals surface area contributed by atoms with Gasteiger partial charge in [-0.1, -0.05) is 47.5 Å². The molecule has 45 heavy (non-hydrogen) atoms. The molecule has 2 unspecified atom stereocenters. The maximum Gasteiger partial charge on any atom is 0.416 e. The Hall–Kier alpha value is -3.27. The van der Waals surface area contributed by atoms with Crippen molar-refractivity contribution in [3.05, 3.63) is 99.0 Å². The molecule has 1 fully saturated rings. The molecule has 0 spiro atoms. The number of aliphatic hydroxyl groups excluding tert-OH is 1. The number of ether oxygens (including phenoxy) is 1. The number of carbonyl (C=O) groups is 1. The molecule has 0 aromatic heterocycles. The molecule has 240 valence electrons. The molecule has 0 radical (unpaired) electrons. The van der Waals surface area contributed by atoms with Crippen molar-refractivity contribution in [2.24, 2.45) is 10.9 Å². The Morgan fingerprint density at radius 3 is 2.09 bits per heavy atom.